The molecule has 0 amide bonds. The van der Waals surface area contributed by atoms with Gasteiger partial charge in [-0.25, -0.2) is 13.4 Å². The monoisotopic (exact) mass is 311 g/mol. The standard InChI is InChI=1S/C13H17N3O2S2/c14-9-10-5-3-4-8-16(10)20(17,18)13-15-11-6-1-2-7-12(11)19-13/h1-2,6-7,10H,3-5,8-9,14H2/t10-/m0/s1. The SMILES string of the molecule is NC[C@@H]1CCCCN1S(=O)(=O)c1nc2ccccc2s1. The zero-order valence-electron chi connectivity index (χ0n) is 11.0. The average molecular weight is 311 g/mol. The molecule has 1 saturated heterocycles. The maximum absolute atomic E-state index is 12.7. The van der Waals surface area contributed by atoms with Crippen molar-refractivity contribution in [3.8, 4) is 0 Å². The first kappa shape index (κ1) is 13.9. The van der Waals surface area contributed by atoms with Crippen molar-refractivity contribution in [1.82, 2.24) is 9.29 Å². The van der Waals surface area contributed by atoms with Gasteiger partial charge in [0.05, 0.1) is 10.2 Å². The summed E-state index contributed by atoms with van der Waals surface area (Å²) in [7, 11) is -3.52. The molecule has 1 aliphatic heterocycles. The molecule has 3 rings (SSSR count). The van der Waals surface area contributed by atoms with Gasteiger partial charge in [-0.3, -0.25) is 0 Å². The summed E-state index contributed by atoms with van der Waals surface area (Å²) in [5, 5.41) is 0. The molecule has 7 heteroatoms. The van der Waals surface area contributed by atoms with Gasteiger partial charge in [0.15, 0.2) is 0 Å². The normalized spacial score (nSPS) is 21.4. The largest absolute Gasteiger partial charge is 0.329 e. The number of sulfonamides is 1. The second kappa shape index (κ2) is 5.40. The first-order valence-electron chi connectivity index (χ1n) is 6.70. The summed E-state index contributed by atoms with van der Waals surface area (Å²) >= 11 is 1.23. The maximum Gasteiger partial charge on any atom is 0.270 e. The highest BCUT2D eigenvalue weighted by molar-refractivity contribution is 7.91. The number of hydrogen-bond donors (Lipinski definition) is 1. The van der Waals surface area contributed by atoms with Crippen LogP contribution in [0.2, 0.25) is 0 Å². The third-order valence-electron chi connectivity index (χ3n) is 3.65. The molecule has 1 fully saturated rings. The predicted octanol–water partition coefficient (Wildman–Crippen LogP) is 1.80. The summed E-state index contributed by atoms with van der Waals surface area (Å²) in [4.78, 5) is 4.28. The molecule has 108 valence electrons. The second-order valence-electron chi connectivity index (χ2n) is 4.95. The first-order valence-corrected chi connectivity index (χ1v) is 8.96. The van der Waals surface area contributed by atoms with Crippen molar-refractivity contribution in [2.75, 3.05) is 13.1 Å². The van der Waals surface area contributed by atoms with Crippen LogP contribution in [0.5, 0.6) is 0 Å². The Balaban J connectivity index is 2.01. The number of para-hydroxylation sites is 1. The van der Waals surface area contributed by atoms with E-state index in [9.17, 15) is 8.42 Å². The van der Waals surface area contributed by atoms with E-state index < -0.39 is 10.0 Å². The predicted molar refractivity (Wildman–Crippen MR) is 80.2 cm³/mol. The third-order valence-corrected chi connectivity index (χ3v) is 6.99. The number of fused-ring (bicyclic) bond motifs is 1. The molecule has 1 aromatic heterocycles. The van der Waals surface area contributed by atoms with Gasteiger partial charge in [0.2, 0.25) is 4.34 Å². The van der Waals surface area contributed by atoms with Crippen LogP contribution >= 0.6 is 11.3 Å². The van der Waals surface area contributed by atoms with Gasteiger partial charge in [0, 0.05) is 19.1 Å². The van der Waals surface area contributed by atoms with Crippen LogP contribution in [-0.2, 0) is 10.0 Å². The highest BCUT2D eigenvalue weighted by atomic mass is 32.2. The molecule has 0 radical (unpaired) electrons. The topological polar surface area (TPSA) is 76.3 Å². The minimum Gasteiger partial charge on any atom is -0.329 e. The Kier molecular flexibility index (Phi) is 3.76. The zero-order valence-corrected chi connectivity index (χ0v) is 12.7. The van der Waals surface area contributed by atoms with Crippen LogP contribution in [0.15, 0.2) is 28.6 Å². The van der Waals surface area contributed by atoms with Crippen molar-refractivity contribution in [3.05, 3.63) is 24.3 Å². The molecule has 1 atom stereocenters. The van der Waals surface area contributed by atoms with E-state index in [0.29, 0.717) is 13.1 Å². The lowest BCUT2D eigenvalue weighted by Gasteiger charge is -2.32. The number of nitrogens with two attached hydrogens (primary N) is 1. The molecule has 5 nitrogen and oxygen atoms in total. The number of aromatic nitrogens is 1. The van der Waals surface area contributed by atoms with Crippen molar-refractivity contribution in [2.45, 2.75) is 29.6 Å². The van der Waals surface area contributed by atoms with Gasteiger partial charge in [-0.05, 0) is 25.0 Å². The van der Waals surface area contributed by atoms with E-state index >= 15 is 0 Å². The van der Waals surface area contributed by atoms with Gasteiger partial charge in [-0.1, -0.05) is 18.6 Å². The quantitative estimate of drug-likeness (QED) is 0.937. The van der Waals surface area contributed by atoms with Crippen LogP contribution in [0.25, 0.3) is 10.2 Å². The fraction of sp³-hybridized carbons (Fsp3) is 0.462. The minimum absolute atomic E-state index is 0.0965. The summed E-state index contributed by atoms with van der Waals surface area (Å²) in [5.74, 6) is 0. The Morgan fingerprint density at radius 1 is 1.35 bits per heavy atom. The Bertz CT molecular complexity index is 678. The summed E-state index contributed by atoms with van der Waals surface area (Å²) in [6.45, 7) is 0.907. The Labute approximate surface area is 122 Å². The van der Waals surface area contributed by atoms with E-state index in [1.807, 2.05) is 24.3 Å². The molecule has 0 spiro atoms. The van der Waals surface area contributed by atoms with Crippen LogP contribution < -0.4 is 5.73 Å². The molecule has 1 aliphatic rings. The smallest absolute Gasteiger partial charge is 0.270 e. The summed E-state index contributed by atoms with van der Waals surface area (Å²) in [6.07, 6.45) is 2.76. The van der Waals surface area contributed by atoms with Crippen LogP contribution in [0, 0.1) is 0 Å². The maximum atomic E-state index is 12.7. The van der Waals surface area contributed by atoms with Gasteiger partial charge in [-0.15, -0.1) is 11.3 Å². The molecule has 0 unspecified atom stereocenters. The molecule has 2 heterocycles. The van der Waals surface area contributed by atoms with Crippen molar-refractivity contribution >= 4 is 31.6 Å². The highest BCUT2D eigenvalue weighted by Gasteiger charge is 2.34. The van der Waals surface area contributed by atoms with E-state index in [1.165, 1.54) is 15.6 Å². The van der Waals surface area contributed by atoms with Gasteiger partial charge in [-0.2, -0.15) is 4.31 Å². The molecule has 0 bridgehead atoms. The van der Waals surface area contributed by atoms with Crippen LogP contribution in [-0.4, -0.2) is 36.8 Å². The van der Waals surface area contributed by atoms with E-state index in [2.05, 4.69) is 4.98 Å². The molecular formula is C13H17N3O2S2. The first-order chi connectivity index (χ1) is 9.63. The molecular weight excluding hydrogens is 294 g/mol. The number of piperidine rings is 1. The number of benzene rings is 1. The lowest BCUT2D eigenvalue weighted by atomic mass is 10.1. The zero-order chi connectivity index (χ0) is 14.2. The molecule has 0 aliphatic carbocycles. The highest BCUT2D eigenvalue weighted by Crippen LogP contribution is 2.30. The van der Waals surface area contributed by atoms with E-state index in [4.69, 9.17) is 5.73 Å². The second-order valence-corrected chi connectivity index (χ2v) is 8.04. The minimum atomic E-state index is -3.52. The summed E-state index contributed by atoms with van der Waals surface area (Å²) in [5.41, 5.74) is 6.45. The number of thiazole rings is 1. The van der Waals surface area contributed by atoms with Gasteiger partial charge in [0.1, 0.15) is 0 Å². The third kappa shape index (κ3) is 2.35. The Morgan fingerprint density at radius 2 is 2.15 bits per heavy atom. The van der Waals surface area contributed by atoms with Crippen LogP contribution in [0.3, 0.4) is 0 Å². The van der Waals surface area contributed by atoms with E-state index in [-0.39, 0.29) is 10.4 Å². The fourth-order valence-corrected chi connectivity index (χ4v) is 5.63. The molecule has 2 aromatic rings. The van der Waals surface area contributed by atoms with Crippen molar-refractivity contribution < 1.29 is 8.42 Å². The van der Waals surface area contributed by atoms with E-state index in [1.54, 1.807) is 0 Å². The number of hydrogen-bond acceptors (Lipinski definition) is 5. The Morgan fingerprint density at radius 3 is 2.90 bits per heavy atom. The van der Waals surface area contributed by atoms with Gasteiger partial charge in [0.25, 0.3) is 10.0 Å². The lowest BCUT2D eigenvalue weighted by molar-refractivity contribution is 0.257. The van der Waals surface area contributed by atoms with E-state index in [0.717, 1.165) is 29.5 Å². The van der Waals surface area contributed by atoms with Crippen LogP contribution in [0.1, 0.15) is 19.3 Å². The summed E-state index contributed by atoms with van der Waals surface area (Å²) in [6, 6.07) is 7.38. The van der Waals surface area contributed by atoms with Crippen molar-refractivity contribution in [1.29, 1.82) is 0 Å². The number of nitrogens with zero attached hydrogens (tertiary/aromatic N) is 2. The molecule has 0 saturated carbocycles. The molecule has 20 heavy (non-hydrogen) atoms. The molecule has 1 aromatic carbocycles. The van der Waals surface area contributed by atoms with Gasteiger partial charge >= 0.3 is 0 Å². The lowest BCUT2D eigenvalue weighted by Crippen LogP contribution is -2.47. The number of rotatable bonds is 3. The van der Waals surface area contributed by atoms with Crippen molar-refractivity contribution in [2.24, 2.45) is 5.73 Å². The summed E-state index contributed by atoms with van der Waals surface area (Å²) < 4.78 is 28.1. The van der Waals surface area contributed by atoms with Crippen molar-refractivity contribution in [3.63, 3.8) is 0 Å². The average Bonchev–Trinajstić information content (AvgIpc) is 2.92. The van der Waals surface area contributed by atoms with Gasteiger partial charge < -0.3 is 5.73 Å². The molecule has 2 N–H and O–H groups in total. The van der Waals surface area contributed by atoms with Crippen LogP contribution in [0.4, 0.5) is 0 Å². The fourth-order valence-electron chi connectivity index (χ4n) is 2.59. The Hall–Kier alpha value is -1.02.